The molecule has 16 heavy (non-hydrogen) atoms. The van der Waals surface area contributed by atoms with Crippen LogP contribution in [-0.4, -0.2) is 4.98 Å². The minimum atomic E-state index is -0.140. The number of nitrogens with one attached hydrogen (secondary N) is 1. The van der Waals surface area contributed by atoms with E-state index in [0.29, 0.717) is 26.2 Å². The highest BCUT2D eigenvalue weighted by molar-refractivity contribution is 6.45. The molecule has 0 atom stereocenters. The maximum Gasteiger partial charge on any atom is 0.189 e. The van der Waals surface area contributed by atoms with Gasteiger partial charge in [0.25, 0.3) is 0 Å². The Morgan fingerprint density at radius 2 is 1.81 bits per heavy atom. The van der Waals surface area contributed by atoms with Gasteiger partial charge in [0.15, 0.2) is 5.43 Å². The molecule has 0 radical (unpaired) electrons. The average Bonchev–Trinajstić information content (AvgIpc) is 2.24. The molecule has 0 spiro atoms. The largest absolute Gasteiger partial charge is 0.367 e. The van der Waals surface area contributed by atoms with E-state index in [1.54, 1.807) is 18.5 Å². The van der Waals surface area contributed by atoms with Crippen LogP contribution >= 0.6 is 34.8 Å². The Morgan fingerprint density at radius 3 is 2.50 bits per heavy atom. The molecule has 1 N–H and O–H groups in total. The SMILES string of the molecule is O=c1cc[nH]cc1-c1cc(Cl)cc(Cl)c1Cl. The zero-order chi connectivity index (χ0) is 11.7. The van der Waals surface area contributed by atoms with Crippen molar-refractivity contribution in [2.24, 2.45) is 0 Å². The summed E-state index contributed by atoms with van der Waals surface area (Å²) in [5.41, 5.74) is 0.830. The Bertz CT molecular complexity index is 592. The van der Waals surface area contributed by atoms with Crippen molar-refractivity contribution in [3.63, 3.8) is 0 Å². The topological polar surface area (TPSA) is 32.9 Å². The van der Waals surface area contributed by atoms with Gasteiger partial charge in [-0.25, -0.2) is 0 Å². The van der Waals surface area contributed by atoms with E-state index in [1.807, 2.05) is 0 Å². The average molecular weight is 275 g/mol. The van der Waals surface area contributed by atoms with Crippen molar-refractivity contribution >= 4 is 34.8 Å². The molecular weight excluding hydrogens is 268 g/mol. The lowest BCUT2D eigenvalue weighted by Crippen LogP contribution is -2.03. The number of rotatable bonds is 1. The third kappa shape index (κ3) is 2.09. The van der Waals surface area contributed by atoms with E-state index in [0.717, 1.165) is 0 Å². The van der Waals surface area contributed by atoms with Crippen molar-refractivity contribution in [1.82, 2.24) is 4.98 Å². The summed E-state index contributed by atoms with van der Waals surface area (Å²) in [6.07, 6.45) is 3.11. The fraction of sp³-hybridized carbons (Fsp3) is 0. The Morgan fingerprint density at radius 1 is 1.06 bits per heavy atom. The lowest BCUT2D eigenvalue weighted by Gasteiger charge is -2.06. The van der Waals surface area contributed by atoms with Gasteiger partial charge in [-0.15, -0.1) is 0 Å². The molecule has 0 fully saturated rings. The molecule has 2 nitrogen and oxygen atoms in total. The van der Waals surface area contributed by atoms with Gasteiger partial charge in [-0.2, -0.15) is 0 Å². The highest BCUT2D eigenvalue weighted by Crippen LogP contribution is 2.34. The van der Waals surface area contributed by atoms with E-state index >= 15 is 0 Å². The first kappa shape index (κ1) is 11.5. The van der Waals surface area contributed by atoms with E-state index in [4.69, 9.17) is 34.8 Å². The predicted molar refractivity (Wildman–Crippen MR) is 67.5 cm³/mol. The van der Waals surface area contributed by atoms with Crippen molar-refractivity contribution < 1.29 is 0 Å². The van der Waals surface area contributed by atoms with Crippen molar-refractivity contribution in [3.8, 4) is 11.1 Å². The minimum Gasteiger partial charge on any atom is -0.367 e. The van der Waals surface area contributed by atoms with E-state index in [2.05, 4.69) is 4.98 Å². The van der Waals surface area contributed by atoms with Crippen LogP contribution in [0.3, 0.4) is 0 Å². The third-order valence-electron chi connectivity index (χ3n) is 2.11. The normalized spacial score (nSPS) is 10.4. The van der Waals surface area contributed by atoms with E-state index < -0.39 is 0 Å². The Kier molecular flexibility index (Phi) is 3.24. The number of benzene rings is 1. The molecule has 82 valence electrons. The predicted octanol–water partition coefficient (Wildman–Crippen LogP) is 4.00. The zero-order valence-electron chi connectivity index (χ0n) is 7.93. The summed E-state index contributed by atoms with van der Waals surface area (Å²) in [5, 5.41) is 1.09. The molecule has 0 aliphatic heterocycles. The van der Waals surface area contributed by atoms with Crippen LogP contribution in [0.4, 0.5) is 0 Å². The maximum atomic E-state index is 11.6. The molecule has 1 aromatic heterocycles. The van der Waals surface area contributed by atoms with E-state index in [-0.39, 0.29) is 5.43 Å². The standard InChI is InChI=1S/C11H6Cl3NO/c12-6-3-7(11(14)9(13)4-6)8-5-15-2-1-10(8)16/h1-5H,(H,15,16). The second kappa shape index (κ2) is 4.50. The number of pyridine rings is 1. The number of hydrogen-bond donors (Lipinski definition) is 1. The fourth-order valence-corrected chi connectivity index (χ4v) is 2.08. The van der Waals surface area contributed by atoms with Gasteiger partial charge >= 0.3 is 0 Å². The van der Waals surface area contributed by atoms with Crippen LogP contribution in [0.2, 0.25) is 15.1 Å². The number of aromatic nitrogens is 1. The Balaban J connectivity index is 2.74. The molecule has 0 aliphatic carbocycles. The fourth-order valence-electron chi connectivity index (χ4n) is 1.38. The van der Waals surface area contributed by atoms with Gasteiger partial charge in [-0.05, 0) is 12.1 Å². The summed E-state index contributed by atoms with van der Waals surface area (Å²) < 4.78 is 0. The molecule has 0 saturated heterocycles. The maximum absolute atomic E-state index is 11.6. The lowest BCUT2D eigenvalue weighted by molar-refractivity contribution is 1.30. The molecule has 0 aliphatic rings. The first-order chi connectivity index (χ1) is 7.59. The van der Waals surface area contributed by atoms with Gasteiger partial charge in [0.1, 0.15) is 0 Å². The summed E-state index contributed by atoms with van der Waals surface area (Å²) in [6.45, 7) is 0. The van der Waals surface area contributed by atoms with Gasteiger partial charge in [0.05, 0.1) is 10.0 Å². The van der Waals surface area contributed by atoms with Crippen LogP contribution in [0.25, 0.3) is 11.1 Å². The lowest BCUT2D eigenvalue weighted by atomic mass is 10.1. The van der Waals surface area contributed by atoms with Crippen LogP contribution in [0.1, 0.15) is 0 Å². The Labute approximate surface area is 107 Å². The van der Waals surface area contributed by atoms with Gasteiger partial charge in [-0.1, -0.05) is 34.8 Å². The molecule has 0 saturated carbocycles. The van der Waals surface area contributed by atoms with Gasteiger partial charge < -0.3 is 4.98 Å². The number of H-pyrrole nitrogens is 1. The molecule has 0 amide bonds. The molecule has 2 rings (SSSR count). The van der Waals surface area contributed by atoms with E-state index in [9.17, 15) is 4.79 Å². The second-order valence-electron chi connectivity index (χ2n) is 3.17. The molecule has 2 aromatic rings. The monoisotopic (exact) mass is 273 g/mol. The highest BCUT2D eigenvalue weighted by Gasteiger charge is 2.11. The number of halogens is 3. The summed E-state index contributed by atoms with van der Waals surface area (Å²) in [7, 11) is 0. The summed E-state index contributed by atoms with van der Waals surface area (Å²) in [6, 6.07) is 4.56. The van der Waals surface area contributed by atoms with Gasteiger partial charge in [-0.3, -0.25) is 4.79 Å². The quantitative estimate of drug-likeness (QED) is 0.783. The molecule has 0 unspecified atom stereocenters. The second-order valence-corrected chi connectivity index (χ2v) is 4.39. The van der Waals surface area contributed by atoms with Crippen LogP contribution in [-0.2, 0) is 0 Å². The molecule has 1 aromatic carbocycles. The number of aromatic amines is 1. The smallest absolute Gasteiger partial charge is 0.189 e. The first-order valence-electron chi connectivity index (χ1n) is 4.41. The minimum absolute atomic E-state index is 0.140. The van der Waals surface area contributed by atoms with Crippen molar-refractivity contribution in [2.45, 2.75) is 0 Å². The molecule has 5 heteroatoms. The third-order valence-corrected chi connectivity index (χ3v) is 3.13. The van der Waals surface area contributed by atoms with Crippen LogP contribution in [0.5, 0.6) is 0 Å². The van der Waals surface area contributed by atoms with Gasteiger partial charge in [0.2, 0.25) is 0 Å². The summed E-state index contributed by atoms with van der Waals surface area (Å²) in [5.74, 6) is 0. The molecule has 1 heterocycles. The van der Waals surface area contributed by atoms with Crippen LogP contribution in [0, 0.1) is 0 Å². The zero-order valence-corrected chi connectivity index (χ0v) is 10.2. The van der Waals surface area contributed by atoms with Gasteiger partial charge in [0, 0.05) is 34.6 Å². The van der Waals surface area contributed by atoms with Crippen LogP contribution in [0.15, 0.2) is 35.4 Å². The molecular formula is C11H6Cl3NO. The first-order valence-corrected chi connectivity index (χ1v) is 5.55. The highest BCUT2D eigenvalue weighted by atomic mass is 35.5. The summed E-state index contributed by atoms with van der Waals surface area (Å²) >= 11 is 17.8. The number of hydrogen-bond acceptors (Lipinski definition) is 1. The Hall–Kier alpha value is -0.960. The van der Waals surface area contributed by atoms with Crippen LogP contribution < -0.4 is 5.43 Å². The van der Waals surface area contributed by atoms with Crippen molar-refractivity contribution in [3.05, 3.63) is 55.9 Å². The molecule has 0 bridgehead atoms. The summed E-state index contributed by atoms with van der Waals surface area (Å²) in [4.78, 5) is 14.5. The van der Waals surface area contributed by atoms with E-state index in [1.165, 1.54) is 12.1 Å². The van der Waals surface area contributed by atoms with Crippen molar-refractivity contribution in [1.29, 1.82) is 0 Å². The van der Waals surface area contributed by atoms with Crippen molar-refractivity contribution in [2.75, 3.05) is 0 Å².